The zero-order valence-corrected chi connectivity index (χ0v) is 22.1. The SMILES string of the molecule is Cc1ccc(C(=O)Nc2ccc(-c3ccc4c(c3)C(=O)N([C@@]35C[C@@H]6C[C@@H](C[C@@](C(=O)O)(C6)C3)C5)C4)cc2)cc1. The van der Waals surface area contributed by atoms with E-state index in [-0.39, 0.29) is 17.4 Å². The molecule has 5 aliphatic rings. The van der Waals surface area contributed by atoms with Crippen molar-refractivity contribution in [1.82, 2.24) is 4.90 Å². The zero-order chi connectivity index (χ0) is 26.9. The average molecular weight is 521 g/mol. The van der Waals surface area contributed by atoms with Crippen LogP contribution in [-0.4, -0.2) is 33.3 Å². The van der Waals surface area contributed by atoms with Crippen LogP contribution in [0.3, 0.4) is 0 Å². The number of hydrogen-bond donors (Lipinski definition) is 2. The lowest BCUT2D eigenvalue weighted by Gasteiger charge is -2.62. The van der Waals surface area contributed by atoms with Crippen LogP contribution in [0.5, 0.6) is 0 Å². The number of rotatable bonds is 5. The van der Waals surface area contributed by atoms with Crippen molar-refractivity contribution in [3.63, 3.8) is 0 Å². The van der Waals surface area contributed by atoms with Gasteiger partial charge in [-0.2, -0.15) is 0 Å². The van der Waals surface area contributed by atoms with Crippen LogP contribution in [0.2, 0.25) is 0 Å². The molecule has 6 nitrogen and oxygen atoms in total. The van der Waals surface area contributed by atoms with Gasteiger partial charge in [-0.1, -0.05) is 42.0 Å². The van der Waals surface area contributed by atoms with Gasteiger partial charge in [0.1, 0.15) is 0 Å². The highest BCUT2D eigenvalue weighted by molar-refractivity contribution is 6.04. The van der Waals surface area contributed by atoms with Gasteiger partial charge in [-0.3, -0.25) is 14.4 Å². The minimum absolute atomic E-state index is 0.0383. The topological polar surface area (TPSA) is 86.7 Å². The van der Waals surface area contributed by atoms with Crippen molar-refractivity contribution in [2.45, 2.75) is 57.5 Å². The average Bonchev–Trinajstić information content (AvgIpc) is 3.25. The minimum Gasteiger partial charge on any atom is -0.481 e. The van der Waals surface area contributed by atoms with Gasteiger partial charge < -0.3 is 15.3 Å². The summed E-state index contributed by atoms with van der Waals surface area (Å²) in [6.45, 7) is 2.55. The molecule has 3 aromatic carbocycles. The number of carbonyl (C=O) groups is 3. The molecule has 4 aliphatic carbocycles. The number of nitrogens with zero attached hydrogens (tertiary/aromatic N) is 1. The Morgan fingerprint density at radius 3 is 2.23 bits per heavy atom. The van der Waals surface area contributed by atoms with Gasteiger partial charge in [0.15, 0.2) is 0 Å². The Labute approximate surface area is 228 Å². The van der Waals surface area contributed by atoms with Crippen molar-refractivity contribution in [1.29, 1.82) is 0 Å². The van der Waals surface area contributed by atoms with Crippen LogP contribution >= 0.6 is 0 Å². The summed E-state index contributed by atoms with van der Waals surface area (Å²) < 4.78 is 0. The summed E-state index contributed by atoms with van der Waals surface area (Å²) in [4.78, 5) is 40.8. The van der Waals surface area contributed by atoms with E-state index in [9.17, 15) is 19.5 Å². The summed E-state index contributed by atoms with van der Waals surface area (Å²) in [5.74, 6) is 0.0152. The molecule has 0 unspecified atom stereocenters. The van der Waals surface area contributed by atoms with Crippen LogP contribution in [0, 0.1) is 24.2 Å². The Hall–Kier alpha value is -3.93. The molecule has 1 aliphatic heterocycles. The van der Waals surface area contributed by atoms with Crippen LogP contribution in [0.1, 0.15) is 70.4 Å². The molecule has 0 aromatic heterocycles. The van der Waals surface area contributed by atoms with Gasteiger partial charge >= 0.3 is 5.97 Å². The smallest absolute Gasteiger partial charge is 0.309 e. The van der Waals surface area contributed by atoms with Gasteiger partial charge in [-0.25, -0.2) is 0 Å². The summed E-state index contributed by atoms with van der Waals surface area (Å²) in [5.41, 5.74) is 5.09. The summed E-state index contributed by atoms with van der Waals surface area (Å²) in [6, 6.07) is 21.2. The standard InChI is InChI=1S/C33H32N2O4/c1-20-2-4-24(5-3-20)29(36)34-27-10-8-23(9-11-27)25-6-7-26-18-35(30(37)28(26)13-25)33-16-21-12-22(17-33)15-32(14-21,19-33)31(38)39/h2-11,13,21-22H,12,14-19H2,1H3,(H,34,36)(H,38,39)/t21-,22+,32+,33-. The number of carbonyl (C=O) groups excluding carboxylic acids is 2. The highest BCUT2D eigenvalue weighted by atomic mass is 16.4. The van der Waals surface area contributed by atoms with Crippen molar-refractivity contribution in [3.05, 3.63) is 89.0 Å². The Balaban J connectivity index is 1.11. The Bertz CT molecular complexity index is 1490. The number of aryl methyl sites for hydroxylation is 1. The molecule has 0 radical (unpaired) electrons. The first-order valence-electron chi connectivity index (χ1n) is 13.9. The first-order valence-corrected chi connectivity index (χ1v) is 13.9. The molecule has 4 fully saturated rings. The first-order chi connectivity index (χ1) is 18.7. The number of nitrogens with one attached hydrogen (secondary N) is 1. The van der Waals surface area contributed by atoms with E-state index in [1.54, 1.807) is 0 Å². The molecule has 8 rings (SSSR count). The molecule has 4 saturated carbocycles. The number of benzene rings is 3. The first kappa shape index (κ1) is 24.1. The van der Waals surface area contributed by atoms with Crippen molar-refractivity contribution in [3.8, 4) is 11.1 Å². The molecule has 0 saturated heterocycles. The summed E-state index contributed by atoms with van der Waals surface area (Å²) in [5, 5.41) is 13.1. The van der Waals surface area contributed by atoms with E-state index in [2.05, 4.69) is 5.32 Å². The summed E-state index contributed by atoms with van der Waals surface area (Å²) in [7, 11) is 0. The zero-order valence-electron chi connectivity index (χ0n) is 22.1. The molecular weight excluding hydrogens is 488 g/mol. The maximum atomic E-state index is 13.8. The van der Waals surface area contributed by atoms with E-state index in [1.807, 2.05) is 78.6 Å². The third-order valence-corrected chi connectivity index (χ3v) is 9.76. The predicted octanol–water partition coefficient (Wildman–Crippen LogP) is 6.29. The van der Waals surface area contributed by atoms with Crippen LogP contribution in [0.15, 0.2) is 66.7 Å². The third kappa shape index (κ3) is 3.88. The van der Waals surface area contributed by atoms with Crippen molar-refractivity contribution in [2.24, 2.45) is 17.3 Å². The molecule has 4 atom stereocenters. The maximum absolute atomic E-state index is 13.8. The molecular formula is C33H32N2O4. The molecule has 2 N–H and O–H groups in total. The molecule has 39 heavy (non-hydrogen) atoms. The lowest BCUT2D eigenvalue weighted by molar-refractivity contribution is -0.175. The number of carboxylic acid groups (broad SMARTS) is 1. The lowest BCUT2D eigenvalue weighted by Crippen LogP contribution is -2.64. The fraction of sp³-hybridized carbons (Fsp3) is 0.364. The molecule has 4 bridgehead atoms. The van der Waals surface area contributed by atoms with Crippen LogP contribution in [0.25, 0.3) is 11.1 Å². The number of fused-ring (bicyclic) bond motifs is 1. The fourth-order valence-corrected chi connectivity index (χ4v) is 8.30. The minimum atomic E-state index is -0.675. The number of aliphatic carboxylic acids is 1. The summed E-state index contributed by atoms with van der Waals surface area (Å²) >= 11 is 0. The normalized spacial score (nSPS) is 28.4. The van der Waals surface area contributed by atoms with E-state index in [1.165, 1.54) is 0 Å². The predicted molar refractivity (Wildman–Crippen MR) is 148 cm³/mol. The second-order valence-corrected chi connectivity index (χ2v) is 12.4. The molecule has 3 aromatic rings. The van der Waals surface area contributed by atoms with Gasteiger partial charge in [0.25, 0.3) is 11.8 Å². The number of amides is 2. The highest BCUT2D eigenvalue weighted by Gasteiger charge is 2.63. The Morgan fingerprint density at radius 1 is 0.897 bits per heavy atom. The molecule has 1 heterocycles. The van der Waals surface area contributed by atoms with Gasteiger partial charge in [0, 0.05) is 28.9 Å². The van der Waals surface area contributed by atoms with Gasteiger partial charge in [0.05, 0.1) is 5.41 Å². The van der Waals surface area contributed by atoms with E-state index >= 15 is 0 Å². The van der Waals surface area contributed by atoms with Crippen LogP contribution in [-0.2, 0) is 11.3 Å². The van der Waals surface area contributed by atoms with Crippen molar-refractivity contribution < 1.29 is 19.5 Å². The highest BCUT2D eigenvalue weighted by Crippen LogP contribution is 2.64. The van der Waals surface area contributed by atoms with Gasteiger partial charge in [0.2, 0.25) is 0 Å². The van der Waals surface area contributed by atoms with E-state index in [0.717, 1.165) is 59.9 Å². The maximum Gasteiger partial charge on any atom is 0.309 e. The van der Waals surface area contributed by atoms with Crippen LogP contribution in [0.4, 0.5) is 5.69 Å². The van der Waals surface area contributed by atoms with Crippen molar-refractivity contribution >= 4 is 23.5 Å². The Kier molecular flexibility index (Phi) is 5.28. The third-order valence-electron chi connectivity index (χ3n) is 9.76. The second kappa shape index (κ2) is 8.54. The lowest BCUT2D eigenvalue weighted by atomic mass is 9.46. The fourth-order valence-electron chi connectivity index (χ4n) is 8.30. The largest absolute Gasteiger partial charge is 0.481 e. The monoisotopic (exact) mass is 520 g/mol. The Morgan fingerprint density at radius 2 is 1.56 bits per heavy atom. The molecule has 0 spiro atoms. The van der Waals surface area contributed by atoms with E-state index in [0.29, 0.717) is 36.1 Å². The van der Waals surface area contributed by atoms with Crippen LogP contribution < -0.4 is 5.32 Å². The quantitative estimate of drug-likeness (QED) is 0.414. The van der Waals surface area contributed by atoms with Crippen molar-refractivity contribution in [2.75, 3.05) is 5.32 Å². The van der Waals surface area contributed by atoms with Gasteiger partial charge in [-0.15, -0.1) is 0 Å². The second-order valence-electron chi connectivity index (χ2n) is 12.4. The number of carboxylic acids is 1. The molecule has 6 heteroatoms. The summed E-state index contributed by atoms with van der Waals surface area (Å²) in [6.07, 6.45) is 5.09. The van der Waals surface area contributed by atoms with E-state index < -0.39 is 11.4 Å². The number of anilines is 1. The number of hydrogen-bond acceptors (Lipinski definition) is 3. The van der Waals surface area contributed by atoms with Gasteiger partial charge in [-0.05, 0) is 104 Å². The van der Waals surface area contributed by atoms with E-state index in [4.69, 9.17) is 0 Å². The molecule has 2 amide bonds. The molecule has 198 valence electrons.